The number of nitrogens with one attached hydrogen (secondary N) is 1. The molecule has 0 aromatic carbocycles. The third kappa shape index (κ3) is 3.76. The predicted molar refractivity (Wildman–Crippen MR) is 88.5 cm³/mol. The number of rotatable bonds is 5. The Hall–Kier alpha value is -2.21. The van der Waals surface area contributed by atoms with Gasteiger partial charge in [0, 0.05) is 37.2 Å². The number of piperidine rings is 1. The third-order valence-electron chi connectivity index (χ3n) is 4.44. The second-order valence-corrected chi connectivity index (χ2v) is 5.98. The van der Waals surface area contributed by atoms with E-state index < -0.39 is 0 Å². The second kappa shape index (κ2) is 7.37. The van der Waals surface area contributed by atoms with Crippen molar-refractivity contribution in [1.82, 2.24) is 25.0 Å². The van der Waals surface area contributed by atoms with Crippen molar-refractivity contribution in [3.8, 4) is 5.82 Å². The van der Waals surface area contributed by atoms with E-state index >= 15 is 0 Å². The number of pyridine rings is 1. The molecule has 0 atom stereocenters. The van der Waals surface area contributed by atoms with Crippen LogP contribution in [0, 0.1) is 5.92 Å². The summed E-state index contributed by atoms with van der Waals surface area (Å²) in [5.41, 5.74) is 0.680. The van der Waals surface area contributed by atoms with Gasteiger partial charge in [-0.1, -0.05) is 0 Å². The van der Waals surface area contributed by atoms with Crippen LogP contribution in [0.4, 0.5) is 0 Å². The number of amides is 1. The first-order valence-corrected chi connectivity index (χ1v) is 8.18. The van der Waals surface area contributed by atoms with Crippen molar-refractivity contribution < 1.29 is 4.79 Å². The smallest absolute Gasteiger partial charge is 0.254 e. The van der Waals surface area contributed by atoms with Crippen molar-refractivity contribution in [2.45, 2.75) is 19.3 Å². The quantitative estimate of drug-likeness (QED) is 0.913. The summed E-state index contributed by atoms with van der Waals surface area (Å²) in [4.78, 5) is 18.9. The maximum Gasteiger partial charge on any atom is 0.254 e. The van der Waals surface area contributed by atoms with Crippen LogP contribution in [-0.4, -0.2) is 52.3 Å². The summed E-state index contributed by atoms with van der Waals surface area (Å²) in [5.74, 6) is 1.49. The molecule has 0 spiro atoms. The van der Waals surface area contributed by atoms with Gasteiger partial charge in [0.15, 0.2) is 5.82 Å². The fraction of sp³-hybridized carbons (Fsp3) is 0.471. The van der Waals surface area contributed by atoms with E-state index in [2.05, 4.69) is 15.4 Å². The molecule has 0 unspecified atom stereocenters. The van der Waals surface area contributed by atoms with Gasteiger partial charge in [0.25, 0.3) is 5.91 Å². The Kier molecular flexibility index (Phi) is 5.02. The van der Waals surface area contributed by atoms with Crippen LogP contribution in [0.3, 0.4) is 0 Å². The Bertz CT molecular complexity index is 632. The summed E-state index contributed by atoms with van der Waals surface area (Å²) >= 11 is 0. The van der Waals surface area contributed by atoms with Gasteiger partial charge in [0.2, 0.25) is 0 Å². The fourth-order valence-electron chi connectivity index (χ4n) is 3.04. The maximum atomic E-state index is 12.7. The van der Waals surface area contributed by atoms with Gasteiger partial charge in [-0.3, -0.25) is 4.79 Å². The number of hydrogen-bond donors (Lipinski definition) is 1. The van der Waals surface area contributed by atoms with Crippen LogP contribution in [0.2, 0.25) is 0 Å². The molecule has 1 amide bonds. The first-order valence-electron chi connectivity index (χ1n) is 8.18. The van der Waals surface area contributed by atoms with Crippen molar-refractivity contribution in [3.63, 3.8) is 0 Å². The molecule has 3 rings (SSSR count). The number of aromatic nitrogens is 3. The summed E-state index contributed by atoms with van der Waals surface area (Å²) in [5, 5.41) is 7.36. The van der Waals surface area contributed by atoms with Crippen molar-refractivity contribution in [2.75, 3.05) is 26.7 Å². The van der Waals surface area contributed by atoms with Gasteiger partial charge < -0.3 is 10.2 Å². The van der Waals surface area contributed by atoms with Gasteiger partial charge in [0.1, 0.15) is 0 Å². The topological polar surface area (TPSA) is 63.1 Å². The SMILES string of the molecule is CNCCC1CCN(C(=O)c2ccnc(-n3cccn3)c2)CC1. The zero-order valence-corrected chi connectivity index (χ0v) is 13.5. The predicted octanol–water partition coefficient (Wildman–Crippen LogP) is 1.73. The summed E-state index contributed by atoms with van der Waals surface area (Å²) in [6.45, 7) is 2.73. The highest BCUT2D eigenvalue weighted by Gasteiger charge is 2.23. The van der Waals surface area contributed by atoms with Crippen LogP contribution in [0.5, 0.6) is 0 Å². The molecule has 0 radical (unpaired) electrons. The molecule has 1 saturated heterocycles. The van der Waals surface area contributed by atoms with Crippen molar-refractivity contribution in [1.29, 1.82) is 0 Å². The molecule has 1 aliphatic heterocycles. The van der Waals surface area contributed by atoms with Crippen LogP contribution >= 0.6 is 0 Å². The van der Waals surface area contributed by atoms with Crippen molar-refractivity contribution in [3.05, 3.63) is 42.4 Å². The van der Waals surface area contributed by atoms with E-state index in [0.717, 1.165) is 38.4 Å². The lowest BCUT2D eigenvalue weighted by Gasteiger charge is -2.32. The highest BCUT2D eigenvalue weighted by molar-refractivity contribution is 5.94. The Morgan fingerprint density at radius 3 is 2.87 bits per heavy atom. The number of carbonyl (C=O) groups is 1. The van der Waals surface area contributed by atoms with Gasteiger partial charge in [0.05, 0.1) is 0 Å². The van der Waals surface area contributed by atoms with Crippen LogP contribution in [-0.2, 0) is 0 Å². The molecule has 1 aliphatic rings. The number of nitrogens with zero attached hydrogens (tertiary/aromatic N) is 4. The molecule has 1 N–H and O–H groups in total. The molecule has 0 aliphatic carbocycles. The molecule has 2 aromatic heterocycles. The van der Waals surface area contributed by atoms with Gasteiger partial charge in [-0.15, -0.1) is 0 Å². The zero-order chi connectivity index (χ0) is 16.1. The lowest BCUT2D eigenvalue weighted by Crippen LogP contribution is -2.39. The van der Waals surface area contributed by atoms with Crippen LogP contribution in [0.15, 0.2) is 36.8 Å². The Balaban J connectivity index is 1.64. The summed E-state index contributed by atoms with van der Waals surface area (Å²) in [6.07, 6.45) is 8.56. The van der Waals surface area contributed by atoms with E-state index in [0.29, 0.717) is 11.4 Å². The van der Waals surface area contributed by atoms with E-state index in [4.69, 9.17) is 0 Å². The highest BCUT2D eigenvalue weighted by Crippen LogP contribution is 2.21. The molecule has 23 heavy (non-hydrogen) atoms. The first-order chi connectivity index (χ1) is 11.3. The maximum absolute atomic E-state index is 12.7. The van der Waals surface area contributed by atoms with E-state index in [9.17, 15) is 4.79 Å². The van der Waals surface area contributed by atoms with Gasteiger partial charge >= 0.3 is 0 Å². The average molecular weight is 313 g/mol. The van der Waals surface area contributed by atoms with Gasteiger partial charge in [-0.05, 0) is 57.0 Å². The second-order valence-electron chi connectivity index (χ2n) is 5.98. The lowest BCUT2D eigenvalue weighted by atomic mass is 9.93. The fourth-order valence-corrected chi connectivity index (χ4v) is 3.04. The standard InChI is InChI=1S/C17H23N5O/c1-18-8-3-14-5-11-21(12-6-14)17(23)15-4-9-19-16(13-15)22-10-2-7-20-22/h2,4,7,9-10,13-14,18H,3,5-6,8,11-12H2,1H3. The molecule has 6 nitrogen and oxygen atoms in total. The Labute approximate surface area is 136 Å². The lowest BCUT2D eigenvalue weighted by molar-refractivity contribution is 0.0687. The number of likely N-dealkylation sites (tertiary alicyclic amines) is 1. The molecule has 3 heterocycles. The summed E-state index contributed by atoms with van der Waals surface area (Å²) in [6, 6.07) is 5.43. The third-order valence-corrected chi connectivity index (χ3v) is 4.44. The summed E-state index contributed by atoms with van der Waals surface area (Å²) < 4.78 is 1.67. The molecule has 6 heteroatoms. The number of hydrogen-bond acceptors (Lipinski definition) is 4. The molecular weight excluding hydrogens is 290 g/mol. The summed E-state index contributed by atoms with van der Waals surface area (Å²) in [7, 11) is 1.99. The first kappa shape index (κ1) is 15.7. The van der Waals surface area contributed by atoms with Gasteiger partial charge in [-0.2, -0.15) is 5.10 Å². The van der Waals surface area contributed by atoms with Crippen molar-refractivity contribution in [2.24, 2.45) is 5.92 Å². The highest BCUT2D eigenvalue weighted by atomic mass is 16.2. The van der Waals surface area contributed by atoms with E-state index in [-0.39, 0.29) is 5.91 Å². The van der Waals surface area contributed by atoms with Crippen LogP contribution in [0.25, 0.3) is 5.82 Å². The monoisotopic (exact) mass is 313 g/mol. The normalized spacial score (nSPS) is 15.8. The minimum absolute atomic E-state index is 0.0906. The average Bonchev–Trinajstić information content (AvgIpc) is 3.14. The largest absolute Gasteiger partial charge is 0.339 e. The van der Waals surface area contributed by atoms with E-state index in [1.807, 2.05) is 30.3 Å². The Morgan fingerprint density at radius 2 is 2.17 bits per heavy atom. The van der Waals surface area contributed by atoms with E-state index in [1.54, 1.807) is 23.1 Å². The minimum Gasteiger partial charge on any atom is -0.339 e. The minimum atomic E-state index is 0.0906. The van der Waals surface area contributed by atoms with E-state index in [1.165, 1.54) is 6.42 Å². The molecular formula is C17H23N5O. The molecule has 122 valence electrons. The van der Waals surface area contributed by atoms with Gasteiger partial charge in [-0.25, -0.2) is 9.67 Å². The van der Waals surface area contributed by atoms with Crippen LogP contribution in [0.1, 0.15) is 29.6 Å². The number of carbonyl (C=O) groups excluding carboxylic acids is 1. The molecule has 0 bridgehead atoms. The molecule has 1 fully saturated rings. The van der Waals surface area contributed by atoms with Crippen molar-refractivity contribution >= 4 is 5.91 Å². The Morgan fingerprint density at radius 1 is 1.35 bits per heavy atom. The zero-order valence-electron chi connectivity index (χ0n) is 13.5. The molecule has 2 aromatic rings. The van der Waals surface area contributed by atoms with Crippen LogP contribution < -0.4 is 5.32 Å². The molecule has 0 saturated carbocycles.